The van der Waals surface area contributed by atoms with E-state index >= 15 is 0 Å². The van der Waals surface area contributed by atoms with Crippen molar-refractivity contribution in [1.82, 2.24) is 19.5 Å². The van der Waals surface area contributed by atoms with Gasteiger partial charge in [-0.3, -0.25) is 34.0 Å². The molecule has 15 heteroatoms. The summed E-state index contributed by atoms with van der Waals surface area (Å²) < 4.78 is 24.0. The molecule has 190 valence electrons. The molecule has 0 radical (unpaired) electrons. The van der Waals surface area contributed by atoms with Crippen LogP contribution in [0.3, 0.4) is 0 Å². The highest BCUT2D eigenvalue weighted by Gasteiger charge is 2.51. The number of esters is 2. The second-order valence-electron chi connectivity index (χ2n) is 7.86. The normalized spacial score (nSPS) is 21.7. The third kappa shape index (κ3) is 6.15. The monoisotopic (exact) mass is 527 g/mol. The summed E-state index contributed by atoms with van der Waals surface area (Å²) in [5.74, 6) is -1.94. The number of H-pyrrole nitrogens is 1. The number of carbonyl (C=O) groups is 3. The molecule has 0 aromatic carbocycles. The quantitative estimate of drug-likeness (QED) is 0.390. The van der Waals surface area contributed by atoms with Crippen molar-refractivity contribution in [2.45, 2.75) is 52.2 Å². The van der Waals surface area contributed by atoms with E-state index in [0.717, 1.165) is 11.8 Å². The molecular formula is C20H25N5O8S2. The van der Waals surface area contributed by atoms with E-state index < -0.39 is 42.0 Å². The molecule has 0 bridgehead atoms. The number of fused-ring (bicyclic) bond motifs is 1. The number of anilines is 1. The number of carbonyl (C=O) groups excluding carboxylic acids is 3. The number of hydrogen-bond acceptors (Lipinski definition) is 12. The van der Waals surface area contributed by atoms with Gasteiger partial charge in [-0.15, -0.1) is 0 Å². The van der Waals surface area contributed by atoms with Gasteiger partial charge in [-0.25, -0.2) is 4.98 Å². The molecule has 1 saturated heterocycles. The summed E-state index contributed by atoms with van der Waals surface area (Å²) in [5, 5.41) is 2.54. The molecular weight excluding hydrogens is 502 g/mol. The van der Waals surface area contributed by atoms with Gasteiger partial charge in [0, 0.05) is 19.8 Å². The number of thioether (sulfide) groups is 1. The Morgan fingerprint density at radius 1 is 1.26 bits per heavy atom. The largest absolute Gasteiger partial charge is 0.466 e. The number of aromatic nitrogens is 4. The average Bonchev–Trinajstić information content (AvgIpc) is 3.33. The van der Waals surface area contributed by atoms with Crippen molar-refractivity contribution in [2.75, 3.05) is 18.2 Å². The highest BCUT2D eigenvalue weighted by molar-refractivity contribution is 8.22. The van der Waals surface area contributed by atoms with Crippen LogP contribution in [0.1, 0.15) is 33.9 Å². The summed E-state index contributed by atoms with van der Waals surface area (Å²) in [4.78, 5) is 58.9. The molecule has 1 aliphatic heterocycles. The van der Waals surface area contributed by atoms with Crippen LogP contribution in [0.5, 0.6) is 0 Å². The summed E-state index contributed by atoms with van der Waals surface area (Å²) >= 11 is 6.37. The fourth-order valence-electron chi connectivity index (χ4n) is 3.32. The maximum atomic E-state index is 12.6. The number of hydrogen-bond donors (Lipinski definition) is 2. The van der Waals surface area contributed by atoms with Gasteiger partial charge >= 0.3 is 11.9 Å². The summed E-state index contributed by atoms with van der Waals surface area (Å²) in [6, 6.07) is 0. The fraction of sp³-hybridized carbons (Fsp3) is 0.550. The Hall–Kier alpha value is -3.04. The second kappa shape index (κ2) is 11.1. The van der Waals surface area contributed by atoms with Gasteiger partial charge in [-0.2, -0.15) is 4.98 Å². The Morgan fingerprint density at radius 2 is 1.97 bits per heavy atom. The highest BCUT2D eigenvalue weighted by Crippen LogP contribution is 2.36. The van der Waals surface area contributed by atoms with Crippen LogP contribution in [0.2, 0.25) is 0 Å². The lowest BCUT2D eigenvalue weighted by molar-refractivity contribution is -0.157. The Kier molecular flexibility index (Phi) is 8.45. The van der Waals surface area contributed by atoms with Gasteiger partial charge in [0.2, 0.25) is 16.2 Å². The lowest BCUT2D eigenvalue weighted by atomic mass is 10.1. The molecule has 1 fully saturated rings. The lowest BCUT2D eigenvalue weighted by Gasteiger charge is -2.24. The second-order valence-corrected chi connectivity index (χ2v) is 9.27. The van der Waals surface area contributed by atoms with E-state index in [2.05, 4.69) is 20.3 Å². The SMILES string of the molecule is CSC(=S)OC1[C@H](n2cnc3c(=O)[nH]c(NC(=O)C(C)C)nc32)O[C@H](COC(C)=O)[C@H]1OC(C)=O. The van der Waals surface area contributed by atoms with Crippen LogP contribution in [0.4, 0.5) is 5.95 Å². The smallest absolute Gasteiger partial charge is 0.303 e. The standard InChI is InChI=1S/C20H25N5O8S2/c1-8(2)16(28)23-19-22-15-12(17(29)24-19)21-7-25(15)18-14(33-20(34)35-5)13(31-10(4)27)11(32-18)6-30-9(3)26/h7-8,11,13-14,18H,6H2,1-5H3,(H2,22,23,24,28,29)/t11-,13-,14?,18-/m1/s1. The van der Waals surface area contributed by atoms with Crippen LogP contribution < -0.4 is 10.9 Å². The van der Waals surface area contributed by atoms with Crippen LogP contribution in [0.15, 0.2) is 11.1 Å². The van der Waals surface area contributed by atoms with Crippen molar-refractivity contribution in [3.05, 3.63) is 16.7 Å². The molecule has 3 heterocycles. The molecule has 1 unspecified atom stereocenters. The highest BCUT2D eigenvalue weighted by atomic mass is 32.2. The number of nitrogens with zero attached hydrogens (tertiary/aromatic N) is 3. The topological polar surface area (TPSA) is 164 Å². The van der Waals surface area contributed by atoms with Crippen molar-refractivity contribution in [2.24, 2.45) is 5.92 Å². The van der Waals surface area contributed by atoms with E-state index in [1.165, 1.54) is 24.7 Å². The molecule has 13 nitrogen and oxygen atoms in total. The van der Waals surface area contributed by atoms with E-state index in [1.54, 1.807) is 20.1 Å². The molecule has 1 amide bonds. The number of ether oxygens (including phenoxy) is 4. The molecule has 4 atom stereocenters. The first-order valence-corrected chi connectivity index (χ1v) is 12.1. The molecule has 1 aliphatic rings. The Morgan fingerprint density at radius 3 is 2.57 bits per heavy atom. The fourth-order valence-corrected chi connectivity index (χ4v) is 3.64. The summed E-state index contributed by atoms with van der Waals surface area (Å²) in [6.07, 6.45) is -0.932. The predicted molar refractivity (Wildman–Crippen MR) is 129 cm³/mol. The summed E-state index contributed by atoms with van der Waals surface area (Å²) in [7, 11) is 0. The minimum absolute atomic E-state index is 0.0187. The number of aromatic amines is 1. The van der Waals surface area contributed by atoms with Gasteiger partial charge in [0.1, 0.15) is 12.7 Å². The third-order valence-corrected chi connectivity index (χ3v) is 5.94. The van der Waals surface area contributed by atoms with Gasteiger partial charge < -0.3 is 18.9 Å². The van der Waals surface area contributed by atoms with Crippen LogP contribution in [0, 0.1) is 5.92 Å². The number of amides is 1. The lowest BCUT2D eigenvalue weighted by Crippen LogP contribution is -2.40. The summed E-state index contributed by atoms with van der Waals surface area (Å²) in [5.41, 5.74) is -0.526. The van der Waals surface area contributed by atoms with E-state index in [1.807, 2.05) is 0 Å². The molecule has 0 aliphatic carbocycles. The average molecular weight is 528 g/mol. The molecule has 0 saturated carbocycles. The van der Waals surface area contributed by atoms with Gasteiger partial charge in [0.25, 0.3) is 5.56 Å². The number of imidazole rings is 1. The molecule has 2 aromatic rings. The zero-order valence-electron chi connectivity index (χ0n) is 19.6. The molecule has 2 aromatic heterocycles. The molecule has 0 spiro atoms. The zero-order chi connectivity index (χ0) is 25.9. The van der Waals surface area contributed by atoms with Crippen molar-refractivity contribution in [3.63, 3.8) is 0 Å². The minimum Gasteiger partial charge on any atom is -0.466 e. The van der Waals surface area contributed by atoms with Crippen LogP contribution >= 0.6 is 24.0 Å². The first-order chi connectivity index (χ1) is 16.5. The Bertz CT molecular complexity index is 1200. The number of rotatable bonds is 7. The van der Waals surface area contributed by atoms with Crippen LogP contribution in [-0.2, 0) is 33.3 Å². The first kappa shape index (κ1) is 26.6. The zero-order valence-corrected chi connectivity index (χ0v) is 21.2. The Balaban J connectivity index is 2.07. The summed E-state index contributed by atoms with van der Waals surface area (Å²) in [6.45, 7) is 5.61. The van der Waals surface area contributed by atoms with E-state index in [9.17, 15) is 19.2 Å². The van der Waals surface area contributed by atoms with E-state index in [4.69, 9.17) is 31.2 Å². The van der Waals surface area contributed by atoms with Gasteiger partial charge in [-0.1, -0.05) is 25.6 Å². The number of nitrogens with one attached hydrogen (secondary N) is 2. The van der Waals surface area contributed by atoms with Gasteiger partial charge in [0.15, 0.2) is 29.6 Å². The van der Waals surface area contributed by atoms with Gasteiger partial charge in [0.05, 0.1) is 6.33 Å². The molecule has 2 N–H and O–H groups in total. The van der Waals surface area contributed by atoms with Crippen molar-refractivity contribution in [3.8, 4) is 0 Å². The minimum atomic E-state index is -1.03. The maximum Gasteiger partial charge on any atom is 0.303 e. The first-order valence-electron chi connectivity index (χ1n) is 10.5. The molecule has 35 heavy (non-hydrogen) atoms. The van der Waals surface area contributed by atoms with Gasteiger partial charge in [-0.05, 0) is 18.5 Å². The third-order valence-electron chi connectivity index (χ3n) is 4.91. The van der Waals surface area contributed by atoms with Crippen molar-refractivity contribution in [1.29, 1.82) is 0 Å². The van der Waals surface area contributed by atoms with Crippen LogP contribution in [0.25, 0.3) is 11.2 Å². The van der Waals surface area contributed by atoms with E-state index in [0.29, 0.717) is 0 Å². The predicted octanol–water partition coefficient (Wildman–Crippen LogP) is 1.14. The Labute approximate surface area is 209 Å². The maximum absolute atomic E-state index is 12.6. The number of thiocarbonyl (C=S) groups is 1. The molecule has 3 rings (SSSR count). The van der Waals surface area contributed by atoms with Crippen LogP contribution in [-0.4, -0.2) is 72.9 Å². The van der Waals surface area contributed by atoms with Crippen molar-refractivity contribution < 1.29 is 33.3 Å². The van der Waals surface area contributed by atoms with E-state index in [-0.39, 0.29) is 39.9 Å². The van der Waals surface area contributed by atoms with Crippen molar-refractivity contribution >= 4 is 63.3 Å².